The normalized spacial score (nSPS) is 30.8. The fourth-order valence-corrected chi connectivity index (χ4v) is 3.29. The molecule has 1 saturated carbocycles. The highest BCUT2D eigenvalue weighted by molar-refractivity contribution is 5.77. The molecule has 1 aliphatic heterocycles. The number of nitrogens with one attached hydrogen (secondary N) is 1. The number of nitrogens with zero attached hydrogens (tertiary/aromatic N) is 1. The zero-order valence-corrected chi connectivity index (χ0v) is 14.0. The van der Waals surface area contributed by atoms with Crippen LogP contribution in [0.4, 0.5) is 4.79 Å². The highest BCUT2D eigenvalue weighted by Crippen LogP contribution is 2.43. The Morgan fingerprint density at radius 1 is 1.36 bits per heavy atom. The minimum atomic E-state index is -0.813. The van der Waals surface area contributed by atoms with Crippen molar-refractivity contribution in [3.63, 3.8) is 0 Å². The Morgan fingerprint density at radius 3 is 2.59 bits per heavy atom. The zero-order chi connectivity index (χ0) is 16.5. The Labute approximate surface area is 132 Å². The number of piperidine rings is 1. The lowest BCUT2D eigenvalue weighted by Crippen LogP contribution is -2.64. The molecule has 1 heterocycles. The molecule has 3 unspecified atom stereocenters. The van der Waals surface area contributed by atoms with E-state index in [1.165, 1.54) is 0 Å². The molecule has 22 heavy (non-hydrogen) atoms. The van der Waals surface area contributed by atoms with Gasteiger partial charge in [0.2, 0.25) is 0 Å². The van der Waals surface area contributed by atoms with Crippen LogP contribution in [0.3, 0.4) is 0 Å². The predicted molar refractivity (Wildman–Crippen MR) is 82.7 cm³/mol. The number of amides is 2. The van der Waals surface area contributed by atoms with Gasteiger partial charge in [0.05, 0.1) is 18.1 Å². The molecule has 0 bridgehead atoms. The molecule has 0 aromatic carbocycles. The Kier molecular flexibility index (Phi) is 5.00. The van der Waals surface area contributed by atoms with E-state index in [9.17, 15) is 9.59 Å². The van der Waals surface area contributed by atoms with Crippen molar-refractivity contribution in [1.29, 1.82) is 0 Å². The van der Waals surface area contributed by atoms with Crippen LogP contribution >= 0.6 is 0 Å². The highest BCUT2D eigenvalue weighted by Gasteiger charge is 2.50. The van der Waals surface area contributed by atoms with Crippen molar-refractivity contribution < 1.29 is 19.4 Å². The van der Waals surface area contributed by atoms with Gasteiger partial charge in [-0.1, -0.05) is 13.8 Å². The van der Waals surface area contributed by atoms with Gasteiger partial charge in [-0.05, 0) is 33.1 Å². The molecule has 1 aliphatic carbocycles. The van der Waals surface area contributed by atoms with Gasteiger partial charge < -0.3 is 20.1 Å². The SMILES string of the molecule is CC(C)OC1CC(NC(=O)N2CCCC(C(=O)O)C2)C1(C)C. The van der Waals surface area contributed by atoms with Gasteiger partial charge in [-0.2, -0.15) is 0 Å². The molecule has 0 radical (unpaired) electrons. The number of urea groups is 1. The number of carboxylic acid groups (broad SMARTS) is 1. The van der Waals surface area contributed by atoms with Gasteiger partial charge in [0.1, 0.15) is 0 Å². The molecule has 0 spiro atoms. The minimum Gasteiger partial charge on any atom is -0.481 e. The molecule has 2 aliphatic rings. The van der Waals surface area contributed by atoms with E-state index in [0.717, 1.165) is 12.8 Å². The van der Waals surface area contributed by atoms with Crippen molar-refractivity contribution in [3.05, 3.63) is 0 Å². The molecule has 0 aromatic rings. The van der Waals surface area contributed by atoms with Gasteiger partial charge in [-0.3, -0.25) is 4.79 Å². The third kappa shape index (κ3) is 3.54. The predicted octanol–water partition coefficient (Wildman–Crippen LogP) is 2.08. The molecule has 0 aromatic heterocycles. The summed E-state index contributed by atoms with van der Waals surface area (Å²) < 4.78 is 5.86. The van der Waals surface area contributed by atoms with Gasteiger partial charge in [0.25, 0.3) is 0 Å². The van der Waals surface area contributed by atoms with Gasteiger partial charge in [-0.15, -0.1) is 0 Å². The smallest absolute Gasteiger partial charge is 0.317 e. The Morgan fingerprint density at radius 2 is 2.05 bits per heavy atom. The Hall–Kier alpha value is -1.30. The van der Waals surface area contributed by atoms with E-state index in [1.807, 2.05) is 13.8 Å². The molecule has 2 amide bonds. The summed E-state index contributed by atoms with van der Waals surface area (Å²) in [6.45, 7) is 9.17. The quantitative estimate of drug-likeness (QED) is 0.833. The summed E-state index contributed by atoms with van der Waals surface area (Å²) in [5.74, 6) is -1.25. The highest BCUT2D eigenvalue weighted by atomic mass is 16.5. The van der Waals surface area contributed by atoms with E-state index in [0.29, 0.717) is 19.5 Å². The van der Waals surface area contributed by atoms with E-state index < -0.39 is 11.9 Å². The van der Waals surface area contributed by atoms with Crippen LogP contribution in [-0.4, -0.2) is 53.3 Å². The average Bonchev–Trinajstić information content (AvgIpc) is 2.45. The second-order valence-corrected chi connectivity index (χ2v) is 7.36. The van der Waals surface area contributed by atoms with Crippen molar-refractivity contribution in [2.75, 3.05) is 13.1 Å². The maximum atomic E-state index is 12.4. The molecule has 6 nitrogen and oxygen atoms in total. The number of carbonyl (C=O) groups is 2. The summed E-state index contributed by atoms with van der Waals surface area (Å²) in [6.07, 6.45) is 2.55. The maximum absolute atomic E-state index is 12.4. The molecule has 6 heteroatoms. The van der Waals surface area contributed by atoms with Gasteiger partial charge >= 0.3 is 12.0 Å². The number of carbonyl (C=O) groups excluding carboxylic acids is 1. The third-order valence-electron chi connectivity index (χ3n) is 4.97. The van der Waals surface area contributed by atoms with Crippen LogP contribution in [0.5, 0.6) is 0 Å². The molecule has 2 N–H and O–H groups in total. The van der Waals surface area contributed by atoms with Crippen molar-refractivity contribution >= 4 is 12.0 Å². The summed E-state index contributed by atoms with van der Waals surface area (Å²) in [5.41, 5.74) is -0.0953. The number of aliphatic carboxylic acids is 1. The first kappa shape index (κ1) is 17.1. The monoisotopic (exact) mass is 312 g/mol. The van der Waals surface area contributed by atoms with Crippen molar-refractivity contribution in [1.82, 2.24) is 10.2 Å². The maximum Gasteiger partial charge on any atom is 0.317 e. The van der Waals surface area contributed by atoms with Crippen LogP contribution in [0.2, 0.25) is 0 Å². The first-order chi connectivity index (χ1) is 10.2. The van der Waals surface area contributed by atoms with Crippen molar-refractivity contribution in [2.45, 2.75) is 65.2 Å². The second kappa shape index (κ2) is 6.44. The molecular weight excluding hydrogens is 284 g/mol. The summed E-state index contributed by atoms with van der Waals surface area (Å²) in [6, 6.07) is -0.0685. The van der Waals surface area contributed by atoms with Crippen LogP contribution in [-0.2, 0) is 9.53 Å². The topological polar surface area (TPSA) is 78.9 Å². The van der Waals surface area contributed by atoms with Gasteiger partial charge in [0.15, 0.2) is 0 Å². The van der Waals surface area contributed by atoms with Crippen LogP contribution in [0.1, 0.15) is 47.0 Å². The van der Waals surface area contributed by atoms with Gasteiger partial charge in [0, 0.05) is 24.5 Å². The summed E-state index contributed by atoms with van der Waals surface area (Å²) >= 11 is 0. The number of hydrogen-bond acceptors (Lipinski definition) is 3. The number of hydrogen-bond donors (Lipinski definition) is 2. The second-order valence-electron chi connectivity index (χ2n) is 7.36. The third-order valence-corrected chi connectivity index (χ3v) is 4.97. The van der Waals surface area contributed by atoms with E-state index in [4.69, 9.17) is 9.84 Å². The van der Waals surface area contributed by atoms with E-state index in [2.05, 4.69) is 19.2 Å². The molecule has 1 saturated heterocycles. The zero-order valence-electron chi connectivity index (χ0n) is 14.0. The van der Waals surface area contributed by atoms with Crippen molar-refractivity contribution in [2.24, 2.45) is 11.3 Å². The number of likely N-dealkylation sites (tertiary alicyclic amines) is 1. The first-order valence-electron chi connectivity index (χ1n) is 8.15. The van der Waals surface area contributed by atoms with Gasteiger partial charge in [-0.25, -0.2) is 4.79 Å². The standard InChI is InChI=1S/C16H28N2O4/c1-10(2)22-13-8-12(16(13,3)4)17-15(21)18-7-5-6-11(9-18)14(19)20/h10-13H,5-9H2,1-4H3,(H,17,21)(H,19,20). The lowest BCUT2D eigenvalue weighted by Gasteiger charge is -2.52. The minimum absolute atomic E-state index is 0.0777. The first-order valence-corrected chi connectivity index (χ1v) is 8.15. The number of carboxylic acids is 1. The molecule has 2 rings (SSSR count). The Balaban J connectivity index is 1.86. The fourth-order valence-electron chi connectivity index (χ4n) is 3.29. The molecule has 126 valence electrons. The van der Waals surface area contributed by atoms with E-state index >= 15 is 0 Å². The fraction of sp³-hybridized carbons (Fsp3) is 0.875. The number of rotatable bonds is 4. The van der Waals surface area contributed by atoms with Crippen LogP contribution in [0.25, 0.3) is 0 Å². The number of ether oxygens (including phenoxy) is 1. The largest absolute Gasteiger partial charge is 0.481 e. The molecular formula is C16H28N2O4. The average molecular weight is 312 g/mol. The Bertz CT molecular complexity index is 436. The lowest BCUT2D eigenvalue weighted by atomic mass is 9.64. The van der Waals surface area contributed by atoms with Crippen molar-refractivity contribution in [3.8, 4) is 0 Å². The summed E-state index contributed by atoms with van der Waals surface area (Å²) in [5, 5.41) is 12.2. The van der Waals surface area contributed by atoms with Crippen LogP contribution in [0.15, 0.2) is 0 Å². The lowest BCUT2D eigenvalue weighted by molar-refractivity contribution is -0.143. The molecule has 3 atom stereocenters. The summed E-state index contributed by atoms with van der Waals surface area (Å²) in [7, 11) is 0. The van der Waals surface area contributed by atoms with E-state index in [-0.39, 0.29) is 29.7 Å². The van der Waals surface area contributed by atoms with E-state index in [1.54, 1.807) is 4.90 Å². The van der Waals surface area contributed by atoms with Crippen LogP contribution in [0, 0.1) is 11.3 Å². The molecule has 2 fully saturated rings. The summed E-state index contributed by atoms with van der Waals surface area (Å²) in [4.78, 5) is 25.1. The van der Waals surface area contributed by atoms with Crippen LogP contribution < -0.4 is 5.32 Å².